The maximum Gasteiger partial charge on any atom is 0.317 e. The van der Waals surface area contributed by atoms with Gasteiger partial charge in [0, 0.05) is 19.1 Å². The lowest BCUT2D eigenvalue weighted by Gasteiger charge is -2.32. The second-order valence-corrected chi connectivity index (χ2v) is 4.27. The normalized spacial score (nSPS) is 29.7. The molecule has 2 rings (SSSR count). The van der Waals surface area contributed by atoms with E-state index in [9.17, 15) is 9.59 Å². The third kappa shape index (κ3) is 2.06. The second kappa shape index (κ2) is 4.08. The molecule has 0 radical (unpaired) electrons. The maximum absolute atomic E-state index is 11.6. The Bertz CT molecular complexity index is 276. The number of hydrogen-bond donors (Lipinski definition) is 2. The first-order valence-electron chi connectivity index (χ1n) is 5.47. The molecule has 0 aromatic carbocycles. The van der Waals surface area contributed by atoms with Crippen molar-refractivity contribution in [3.63, 3.8) is 0 Å². The van der Waals surface area contributed by atoms with Gasteiger partial charge in [0.2, 0.25) is 0 Å². The highest BCUT2D eigenvalue weighted by atomic mass is 16.4. The zero-order valence-electron chi connectivity index (χ0n) is 8.61. The fraction of sp³-hybridized carbons (Fsp3) is 0.800. The van der Waals surface area contributed by atoms with E-state index in [1.807, 2.05) is 0 Å². The van der Waals surface area contributed by atoms with Crippen LogP contribution in [0.3, 0.4) is 0 Å². The summed E-state index contributed by atoms with van der Waals surface area (Å²) in [6, 6.07) is -0.269. The number of amides is 2. The average molecular weight is 212 g/mol. The van der Waals surface area contributed by atoms with Gasteiger partial charge in [-0.3, -0.25) is 4.79 Å². The standard InChI is InChI=1S/C10H16N2O3/c13-9(14)7-3-1-4-8(7)11-10(15)12-5-2-6-12/h7-8H,1-6H2,(H,11,15)(H,13,14)/t7-,8+/m1/s1. The summed E-state index contributed by atoms with van der Waals surface area (Å²) < 4.78 is 0. The molecule has 0 unspecified atom stereocenters. The first-order valence-corrected chi connectivity index (χ1v) is 5.47. The minimum Gasteiger partial charge on any atom is -0.481 e. The number of carboxylic acids is 1. The first kappa shape index (κ1) is 10.3. The predicted molar refractivity (Wildman–Crippen MR) is 53.5 cm³/mol. The molecule has 2 fully saturated rings. The van der Waals surface area contributed by atoms with E-state index in [-0.39, 0.29) is 12.1 Å². The van der Waals surface area contributed by atoms with E-state index in [1.165, 1.54) is 0 Å². The molecule has 1 aliphatic carbocycles. The van der Waals surface area contributed by atoms with Crippen LogP contribution in [0, 0.1) is 5.92 Å². The summed E-state index contributed by atoms with van der Waals surface area (Å²) in [5.74, 6) is -1.18. The van der Waals surface area contributed by atoms with Crippen LogP contribution < -0.4 is 5.32 Å². The topological polar surface area (TPSA) is 69.6 Å². The number of nitrogens with zero attached hydrogens (tertiary/aromatic N) is 1. The number of likely N-dealkylation sites (tertiary alicyclic amines) is 1. The summed E-state index contributed by atoms with van der Waals surface area (Å²) >= 11 is 0. The predicted octanol–water partition coefficient (Wildman–Crippen LogP) is 0.655. The SMILES string of the molecule is O=C(O)[C@@H]1CCC[C@@H]1NC(=O)N1CCC1. The number of aliphatic carboxylic acids is 1. The van der Waals surface area contributed by atoms with Crippen molar-refractivity contribution < 1.29 is 14.7 Å². The fourth-order valence-electron chi connectivity index (χ4n) is 2.20. The Hall–Kier alpha value is -1.26. The third-order valence-electron chi connectivity index (χ3n) is 3.29. The largest absolute Gasteiger partial charge is 0.481 e. The molecule has 0 aromatic heterocycles. The molecule has 5 nitrogen and oxygen atoms in total. The van der Waals surface area contributed by atoms with Crippen molar-refractivity contribution in [3.05, 3.63) is 0 Å². The maximum atomic E-state index is 11.6. The molecule has 1 heterocycles. The second-order valence-electron chi connectivity index (χ2n) is 4.27. The molecule has 1 saturated carbocycles. The van der Waals surface area contributed by atoms with Gasteiger partial charge in [0.05, 0.1) is 5.92 Å². The van der Waals surface area contributed by atoms with Gasteiger partial charge in [-0.2, -0.15) is 0 Å². The van der Waals surface area contributed by atoms with Gasteiger partial charge in [0.15, 0.2) is 0 Å². The molecule has 2 N–H and O–H groups in total. The van der Waals surface area contributed by atoms with E-state index in [0.717, 1.165) is 32.4 Å². The van der Waals surface area contributed by atoms with Gasteiger partial charge in [-0.25, -0.2) is 4.79 Å². The van der Waals surface area contributed by atoms with Crippen LogP contribution in [0.5, 0.6) is 0 Å². The van der Waals surface area contributed by atoms with E-state index in [2.05, 4.69) is 5.32 Å². The van der Waals surface area contributed by atoms with Crippen molar-refractivity contribution in [1.82, 2.24) is 10.2 Å². The first-order chi connectivity index (χ1) is 7.18. The Labute approximate surface area is 88.4 Å². The van der Waals surface area contributed by atoms with Crippen LogP contribution in [0.25, 0.3) is 0 Å². The molecule has 1 saturated heterocycles. The van der Waals surface area contributed by atoms with Crippen LogP contribution in [-0.2, 0) is 4.79 Å². The van der Waals surface area contributed by atoms with E-state index in [4.69, 9.17) is 5.11 Å². The third-order valence-corrected chi connectivity index (χ3v) is 3.29. The summed E-state index contributed by atoms with van der Waals surface area (Å²) in [5, 5.41) is 11.8. The molecule has 0 aromatic rings. The Kier molecular flexibility index (Phi) is 2.79. The van der Waals surface area contributed by atoms with Crippen molar-refractivity contribution in [2.45, 2.75) is 31.7 Å². The van der Waals surface area contributed by atoms with Crippen LogP contribution >= 0.6 is 0 Å². The summed E-state index contributed by atoms with van der Waals surface area (Å²) in [6.07, 6.45) is 3.42. The number of hydrogen-bond acceptors (Lipinski definition) is 2. The molecule has 1 aliphatic heterocycles. The van der Waals surface area contributed by atoms with Crippen LogP contribution in [0.2, 0.25) is 0 Å². The van der Waals surface area contributed by atoms with Gasteiger partial charge in [0.1, 0.15) is 0 Å². The lowest BCUT2D eigenvalue weighted by molar-refractivity contribution is -0.142. The molecule has 0 spiro atoms. The number of urea groups is 1. The Morgan fingerprint density at radius 1 is 1.20 bits per heavy atom. The zero-order chi connectivity index (χ0) is 10.8. The van der Waals surface area contributed by atoms with E-state index >= 15 is 0 Å². The summed E-state index contributed by atoms with van der Waals surface area (Å²) in [6.45, 7) is 1.60. The highest BCUT2D eigenvalue weighted by Crippen LogP contribution is 2.26. The van der Waals surface area contributed by atoms with Crippen LogP contribution in [0.1, 0.15) is 25.7 Å². The number of nitrogens with one attached hydrogen (secondary N) is 1. The van der Waals surface area contributed by atoms with E-state index in [1.54, 1.807) is 4.90 Å². The number of carboxylic acid groups (broad SMARTS) is 1. The molecule has 84 valence electrons. The Balaban J connectivity index is 1.87. The van der Waals surface area contributed by atoms with Gasteiger partial charge >= 0.3 is 12.0 Å². The molecular formula is C10H16N2O3. The zero-order valence-corrected chi connectivity index (χ0v) is 8.61. The van der Waals surface area contributed by atoms with Gasteiger partial charge in [0.25, 0.3) is 0 Å². The molecule has 2 atom stereocenters. The minimum atomic E-state index is -0.790. The molecular weight excluding hydrogens is 196 g/mol. The van der Waals surface area contributed by atoms with Crippen molar-refractivity contribution in [2.24, 2.45) is 5.92 Å². The molecule has 15 heavy (non-hydrogen) atoms. The van der Waals surface area contributed by atoms with Crippen LogP contribution in [0.4, 0.5) is 4.79 Å². The smallest absolute Gasteiger partial charge is 0.317 e. The fourth-order valence-corrected chi connectivity index (χ4v) is 2.20. The van der Waals surface area contributed by atoms with E-state index < -0.39 is 11.9 Å². The lowest BCUT2D eigenvalue weighted by Crippen LogP contribution is -2.52. The van der Waals surface area contributed by atoms with Crippen molar-refractivity contribution in [1.29, 1.82) is 0 Å². The lowest BCUT2D eigenvalue weighted by atomic mass is 10.0. The molecule has 0 bridgehead atoms. The highest BCUT2D eigenvalue weighted by molar-refractivity contribution is 5.77. The molecule has 2 aliphatic rings. The highest BCUT2D eigenvalue weighted by Gasteiger charge is 2.35. The molecule has 2 amide bonds. The minimum absolute atomic E-state index is 0.0978. The number of carbonyl (C=O) groups is 2. The van der Waals surface area contributed by atoms with Gasteiger partial charge < -0.3 is 15.3 Å². The Morgan fingerprint density at radius 3 is 2.47 bits per heavy atom. The van der Waals surface area contributed by atoms with Crippen molar-refractivity contribution in [2.75, 3.05) is 13.1 Å². The van der Waals surface area contributed by atoms with Crippen LogP contribution in [-0.4, -0.2) is 41.1 Å². The van der Waals surface area contributed by atoms with Gasteiger partial charge in [-0.05, 0) is 19.3 Å². The average Bonchev–Trinajstić information content (AvgIpc) is 2.48. The van der Waals surface area contributed by atoms with E-state index in [0.29, 0.717) is 6.42 Å². The monoisotopic (exact) mass is 212 g/mol. The van der Waals surface area contributed by atoms with Crippen LogP contribution in [0.15, 0.2) is 0 Å². The van der Waals surface area contributed by atoms with Gasteiger partial charge in [-0.1, -0.05) is 6.42 Å². The summed E-state index contributed by atoms with van der Waals surface area (Å²) in [7, 11) is 0. The van der Waals surface area contributed by atoms with Crippen molar-refractivity contribution >= 4 is 12.0 Å². The summed E-state index contributed by atoms with van der Waals surface area (Å²) in [4.78, 5) is 24.2. The quantitative estimate of drug-likeness (QED) is 0.706. The number of carbonyl (C=O) groups excluding carboxylic acids is 1. The Morgan fingerprint density at radius 2 is 1.93 bits per heavy atom. The molecule has 5 heteroatoms. The van der Waals surface area contributed by atoms with Gasteiger partial charge in [-0.15, -0.1) is 0 Å². The van der Waals surface area contributed by atoms with Crippen molar-refractivity contribution in [3.8, 4) is 0 Å². The summed E-state index contributed by atoms with van der Waals surface area (Å²) in [5.41, 5.74) is 0. The number of rotatable bonds is 2.